The molecule has 0 saturated carbocycles. The number of nitrogens with zero attached hydrogens (tertiary/aromatic N) is 3. The molecule has 1 saturated heterocycles. The SMILES string of the molecule is Cc1cc(-c2nc3cc(C=O)ccc3n2C[C@H]2CCCO2)cn(C)c1=O. The van der Waals surface area contributed by atoms with Crippen molar-refractivity contribution < 1.29 is 9.53 Å². The van der Waals surface area contributed by atoms with Crippen molar-refractivity contribution in [2.24, 2.45) is 7.05 Å². The lowest BCUT2D eigenvalue weighted by Crippen LogP contribution is -2.20. The molecule has 6 nitrogen and oxygen atoms in total. The summed E-state index contributed by atoms with van der Waals surface area (Å²) < 4.78 is 9.54. The normalized spacial score (nSPS) is 17.1. The molecule has 26 heavy (non-hydrogen) atoms. The van der Waals surface area contributed by atoms with Crippen LogP contribution in [0.1, 0.15) is 28.8 Å². The van der Waals surface area contributed by atoms with Crippen LogP contribution >= 0.6 is 0 Å². The van der Waals surface area contributed by atoms with Crippen LogP contribution in [-0.4, -0.2) is 33.1 Å². The van der Waals surface area contributed by atoms with Crippen molar-refractivity contribution in [3.63, 3.8) is 0 Å². The second kappa shape index (κ2) is 6.53. The van der Waals surface area contributed by atoms with Crippen molar-refractivity contribution in [3.05, 3.63) is 51.9 Å². The molecule has 6 heteroatoms. The fourth-order valence-electron chi connectivity index (χ4n) is 3.62. The first-order valence-corrected chi connectivity index (χ1v) is 8.81. The average molecular weight is 351 g/mol. The van der Waals surface area contributed by atoms with Gasteiger partial charge < -0.3 is 13.9 Å². The van der Waals surface area contributed by atoms with Gasteiger partial charge in [0.15, 0.2) is 0 Å². The standard InChI is InChI=1S/C20H21N3O3/c1-13-8-15(10-22(2)20(13)25)19-21-17-9-14(12-24)5-6-18(17)23(19)11-16-4-3-7-26-16/h5-6,8-10,12,16H,3-4,7,11H2,1-2H3/t16-/m1/s1. The summed E-state index contributed by atoms with van der Waals surface area (Å²) in [5, 5.41) is 0. The molecule has 4 rings (SSSR count). The molecule has 0 bridgehead atoms. The number of imidazole rings is 1. The van der Waals surface area contributed by atoms with Gasteiger partial charge in [0.25, 0.3) is 5.56 Å². The van der Waals surface area contributed by atoms with Gasteiger partial charge in [0.2, 0.25) is 0 Å². The van der Waals surface area contributed by atoms with E-state index in [9.17, 15) is 9.59 Å². The number of pyridine rings is 1. The number of ether oxygens (including phenoxy) is 1. The van der Waals surface area contributed by atoms with Crippen LogP contribution in [-0.2, 0) is 18.3 Å². The molecule has 0 radical (unpaired) electrons. The van der Waals surface area contributed by atoms with Gasteiger partial charge in [0.1, 0.15) is 12.1 Å². The average Bonchev–Trinajstić information content (AvgIpc) is 3.27. The monoisotopic (exact) mass is 351 g/mol. The molecule has 134 valence electrons. The Morgan fingerprint density at radius 2 is 2.19 bits per heavy atom. The summed E-state index contributed by atoms with van der Waals surface area (Å²) in [5.74, 6) is 0.789. The Balaban J connectivity index is 1.91. The highest BCUT2D eigenvalue weighted by molar-refractivity contribution is 5.87. The van der Waals surface area contributed by atoms with Gasteiger partial charge in [-0.2, -0.15) is 0 Å². The van der Waals surface area contributed by atoms with Gasteiger partial charge >= 0.3 is 0 Å². The number of benzene rings is 1. The molecule has 1 aromatic carbocycles. The lowest BCUT2D eigenvalue weighted by molar-refractivity contribution is 0.0982. The zero-order chi connectivity index (χ0) is 18.3. The zero-order valence-electron chi connectivity index (χ0n) is 14.9. The first-order valence-electron chi connectivity index (χ1n) is 8.81. The van der Waals surface area contributed by atoms with Crippen LogP contribution in [0.25, 0.3) is 22.4 Å². The minimum Gasteiger partial charge on any atom is -0.376 e. The van der Waals surface area contributed by atoms with Crippen LogP contribution in [0.2, 0.25) is 0 Å². The van der Waals surface area contributed by atoms with Crippen LogP contribution in [0.3, 0.4) is 0 Å². The maximum Gasteiger partial charge on any atom is 0.253 e. The van der Waals surface area contributed by atoms with Crippen molar-refractivity contribution >= 4 is 17.3 Å². The van der Waals surface area contributed by atoms with E-state index in [1.165, 1.54) is 0 Å². The van der Waals surface area contributed by atoms with Gasteiger partial charge in [0, 0.05) is 36.5 Å². The van der Waals surface area contributed by atoms with E-state index in [4.69, 9.17) is 9.72 Å². The van der Waals surface area contributed by atoms with Crippen LogP contribution in [0.15, 0.2) is 35.3 Å². The van der Waals surface area contributed by atoms with Gasteiger partial charge in [-0.15, -0.1) is 0 Å². The first kappa shape index (κ1) is 16.7. The summed E-state index contributed by atoms with van der Waals surface area (Å²) in [6.07, 6.45) is 4.89. The summed E-state index contributed by atoms with van der Waals surface area (Å²) >= 11 is 0. The summed E-state index contributed by atoms with van der Waals surface area (Å²) in [6.45, 7) is 3.30. The summed E-state index contributed by atoms with van der Waals surface area (Å²) in [6, 6.07) is 7.40. The predicted octanol–water partition coefficient (Wildman–Crippen LogP) is 2.70. The molecular formula is C20H21N3O3. The summed E-state index contributed by atoms with van der Waals surface area (Å²) in [7, 11) is 1.75. The molecule has 3 heterocycles. The Morgan fingerprint density at radius 3 is 2.88 bits per heavy atom. The Labute approximate surface area is 151 Å². The van der Waals surface area contributed by atoms with E-state index in [1.54, 1.807) is 23.7 Å². The van der Waals surface area contributed by atoms with E-state index >= 15 is 0 Å². The molecular weight excluding hydrogens is 330 g/mol. The Hall–Kier alpha value is -2.73. The molecule has 2 aromatic heterocycles. The molecule has 1 aliphatic rings. The largest absolute Gasteiger partial charge is 0.376 e. The fourth-order valence-corrected chi connectivity index (χ4v) is 3.62. The van der Waals surface area contributed by atoms with E-state index in [1.807, 2.05) is 25.3 Å². The van der Waals surface area contributed by atoms with Crippen LogP contribution in [0.5, 0.6) is 0 Å². The van der Waals surface area contributed by atoms with Gasteiger partial charge in [0.05, 0.1) is 23.7 Å². The van der Waals surface area contributed by atoms with E-state index in [0.717, 1.165) is 48.2 Å². The predicted molar refractivity (Wildman–Crippen MR) is 99.5 cm³/mol. The molecule has 0 aliphatic carbocycles. The van der Waals surface area contributed by atoms with Crippen LogP contribution in [0.4, 0.5) is 0 Å². The quantitative estimate of drug-likeness (QED) is 0.678. The second-order valence-electron chi connectivity index (χ2n) is 6.87. The van der Waals surface area contributed by atoms with E-state index in [0.29, 0.717) is 17.7 Å². The van der Waals surface area contributed by atoms with Gasteiger partial charge in [-0.3, -0.25) is 9.59 Å². The third kappa shape index (κ3) is 2.86. The second-order valence-corrected chi connectivity index (χ2v) is 6.87. The highest BCUT2D eigenvalue weighted by Gasteiger charge is 2.21. The summed E-state index contributed by atoms with van der Waals surface area (Å²) in [4.78, 5) is 28.0. The topological polar surface area (TPSA) is 66.1 Å². The van der Waals surface area contributed by atoms with E-state index < -0.39 is 0 Å². The molecule has 0 N–H and O–H groups in total. The van der Waals surface area contributed by atoms with E-state index in [-0.39, 0.29) is 11.7 Å². The number of carbonyl (C=O) groups is 1. The smallest absolute Gasteiger partial charge is 0.253 e. The van der Waals surface area contributed by atoms with Gasteiger partial charge in [-0.25, -0.2) is 4.98 Å². The summed E-state index contributed by atoms with van der Waals surface area (Å²) in [5.41, 5.74) is 3.88. The number of aromatic nitrogens is 3. The van der Waals surface area contributed by atoms with Crippen molar-refractivity contribution in [3.8, 4) is 11.4 Å². The van der Waals surface area contributed by atoms with Crippen molar-refractivity contribution in [1.29, 1.82) is 0 Å². The highest BCUT2D eigenvalue weighted by atomic mass is 16.5. The highest BCUT2D eigenvalue weighted by Crippen LogP contribution is 2.27. The minimum absolute atomic E-state index is 0.0150. The first-order chi connectivity index (χ1) is 12.6. The van der Waals surface area contributed by atoms with Crippen LogP contribution < -0.4 is 5.56 Å². The molecule has 1 aliphatic heterocycles. The van der Waals surface area contributed by atoms with Crippen LogP contribution in [0, 0.1) is 6.92 Å². The van der Waals surface area contributed by atoms with Crippen molar-refractivity contribution in [1.82, 2.24) is 14.1 Å². The number of fused-ring (bicyclic) bond motifs is 1. The lowest BCUT2D eigenvalue weighted by atomic mass is 10.2. The van der Waals surface area contributed by atoms with Crippen molar-refractivity contribution in [2.45, 2.75) is 32.4 Å². The number of hydrogen-bond acceptors (Lipinski definition) is 4. The van der Waals surface area contributed by atoms with Gasteiger partial charge in [-0.1, -0.05) is 0 Å². The van der Waals surface area contributed by atoms with Crippen molar-refractivity contribution in [2.75, 3.05) is 6.61 Å². The number of rotatable bonds is 4. The molecule has 3 aromatic rings. The fraction of sp³-hybridized carbons (Fsp3) is 0.350. The zero-order valence-corrected chi connectivity index (χ0v) is 14.9. The molecule has 1 fully saturated rings. The third-order valence-electron chi connectivity index (χ3n) is 4.94. The molecule has 0 spiro atoms. The Kier molecular flexibility index (Phi) is 4.20. The minimum atomic E-state index is -0.0150. The number of carbonyl (C=O) groups excluding carboxylic acids is 1. The number of aldehydes is 1. The third-order valence-corrected chi connectivity index (χ3v) is 4.94. The maximum atomic E-state index is 12.0. The molecule has 0 amide bonds. The van der Waals surface area contributed by atoms with Gasteiger partial charge in [-0.05, 0) is 44.0 Å². The Bertz CT molecular complexity index is 1020. The molecule has 1 atom stereocenters. The number of hydrogen-bond donors (Lipinski definition) is 0. The Morgan fingerprint density at radius 1 is 1.35 bits per heavy atom. The lowest BCUT2D eigenvalue weighted by Gasteiger charge is -2.15. The number of aryl methyl sites for hydroxylation is 2. The maximum absolute atomic E-state index is 12.0. The van der Waals surface area contributed by atoms with E-state index in [2.05, 4.69) is 4.57 Å². The molecule has 0 unspecified atom stereocenters.